The number of rotatable bonds is 21. The average molecular weight is 1100 g/mol. The van der Waals surface area contributed by atoms with Gasteiger partial charge in [0.05, 0.1) is 0 Å². The second-order valence-electron chi connectivity index (χ2n) is 21.8. The molecule has 81 heavy (non-hydrogen) atoms. The fourth-order valence-corrected chi connectivity index (χ4v) is 8.70. The Hall–Kier alpha value is -6.46. The second kappa shape index (κ2) is 45.2. The Labute approximate surface area is 501 Å². The standard InChI is InChI=1S/C40H45NO.C12H23N.C11H23BN.C9H12.2C2H6/c1-6-17-35(8-3)41(38(18-7-2)36(9-4)33-20-13-10-14-21-33)29-28-32-24-26-34(27-25-32)37-22-16-23-39-40(37)31(5)19-12-11-15-30-42-39;1-6-8-11(12(2,3)4)9-7-10-13-5;1-9(12-5)10(13)7-6-8-11(2,3)4;1-5-8(3)7-9(4)6-2;2*1-2/h6-21,23-24,26-27,32,37H,4-5,22,25,28-30H2,1-3H3;7,9-10,13H,6,8H2,1-5H3;6-8,13H2,1-5H3;5-7H,1-3H2,4H3;2*1-2H3/b15-11-,17-6-,18-7-,19-12-,35-8+,38-36-;10-7+,11-9+;10-9-;9-7-;;. The number of benzene rings is 1. The third-order valence-corrected chi connectivity index (χ3v) is 13.3. The number of allylic oxidation sites excluding steroid dienone is 28. The molecule has 3 aliphatic rings. The number of hydrogen-bond acceptors (Lipinski definition) is 4. The number of nitrogens with two attached hydrogens (primary N) is 1. The average Bonchev–Trinajstić information content (AvgIpc) is 3.56. The van der Waals surface area contributed by atoms with E-state index in [-0.39, 0.29) is 5.92 Å². The smallest absolute Gasteiger partial charge is 0.144 e. The van der Waals surface area contributed by atoms with Gasteiger partial charge in [-0.15, -0.1) is 0 Å². The van der Waals surface area contributed by atoms with Crippen LogP contribution in [0.25, 0.3) is 5.57 Å². The van der Waals surface area contributed by atoms with Crippen LogP contribution in [-0.2, 0) is 4.74 Å². The molecule has 2 unspecified atom stereocenters. The first-order valence-corrected chi connectivity index (χ1v) is 30.2. The molecule has 0 spiro atoms. The molecule has 0 fully saturated rings. The summed E-state index contributed by atoms with van der Waals surface area (Å²) in [5.74, 6) is 1.68. The van der Waals surface area contributed by atoms with Crippen molar-refractivity contribution in [2.75, 3.05) is 20.2 Å². The molecule has 5 heteroatoms. The van der Waals surface area contributed by atoms with Gasteiger partial charge in [-0.25, -0.2) is 0 Å². The summed E-state index contributed by atoms with van der Waals surface area (Å²) in [7, 11) is 3.99. The third kappa shape index (κ3) is 32.0. The predicted octanol–water partition coefficient (Wildman–Crippen LogP) is 21.9. The zero-order chi connectivity index (χ0) is 61.8. The van der Waals surface area contributed by atoms with Crippen LogP contribution in [0.2, 0.25) is 6.82 Å². The van der Waals surface area contributed by atoms with Gasteiger partial charge < -0.3 is 20.7 Å². The number of hydrogen-bond donors (Lipinski definition) is 2. The van der Waals surface area contributed by atoms with E-state index in [0.29, 0.717) is 23.4 Å². The first-order valence-electron chi connectivity index (χ1n) is 30.2. The van der Waals surface area contributed by atoms with Crippen molar-refractivity contribution in [1.29, 1.82) is 0 Å². The fourth-order valence-electron chi connectivity index (χ4n) is 8.70. The second-order valence-corrected chi connectivity index (χ2v) is 21.8. The van der Waals surface area contributed by atoms with Gasteiger partial charge in [-0.2, -0.15) is 0 Å². The maximum absolute atomic E-state index is 6.12. The molecule has 0 saturated carbocycles. The van der Waals surface area contributed by atoms with E-state index < -0.39 is 0 Å². The maximum Gasteiger partial charge on any atom is 0.144 e. The Morgan fingerprint density at radius 3 is 2.05 bits per heavy atom. The molecule has 443 valence electrons. The van der Waals surface area contributed by atoms with Crippen molar-refractivity contribution in [3.8, 4) is 0 Å². The van der Waals surface area contributed by atoms with Crippen molar-refractivity contribution in [3.05, 3.63) is 258 Å². The molecular formula is C76H115BN3O. The maximum atomic E-state index is 6.12. The summed E-state index contributed by atoms with van der Waals surface area (Å²) in [5.41, 5.74) is 20.7. The van der Waals surface area contributed by atoms with Gasteiger partial charge in [-0.05, 0) is 154 Å². The summed E-state index contributed by atoms with van der Waals surface area (Å²) in [6.07, 6.45) is 53.2. The van der Waals surface area contributed by atoms with Crippen molar-refractivity contribution in [1.82, 2.24) is 10.2 Å². The minimum atomic E-state index is 0.267. The van der Waals surface area contributed by atoms with Gasteiger partial charge in [0.15, 0.2) is 0 Å². The molecule has 2 atom stereocenters. The zero-order valence-corrected chi connectivity index (χ0v) is 54.8. The lowest BCUT2D eigenvalue weighted by Gasteiger charge is -2.31. The lowest BCUT2D eigenvalue weighted by atomic mass is 9.72. The first kappa shape index (κ1) is 76.6. The van der Waals surface area contributed by atoms with Gasteiger partial charge in [-0.1, -0.05) is 267 Å². The normalized spacial score (nSPS) is 17.7. The van der Waals surface area contributed by atoms with E-state index in [1.807, 2.05) is 79.0 Å². The summed E-state index contributed by atoms with van der Waals surface area (Å²) in [4.78, 5) is 2.44. The van der Waals surface area contributed by atoms with Crippen LogP contribution in [0, 0.1) is 22.7 Å². The number of nitrogens with one attached hydrogen (secondary N) is 1. The van der Waals surface area contributed by atoms with E-state index in [2.05, 4.69) is 242 Å². The quantitative estimate of drug-likeness (QED) is 0.0951. The fraction of sp³-hybridized carbons (Fsp3) is 0.421. The monoisotopic (exact) mass is 1100 g/mol. The Kier molecular flexibility index (Phi) is 42.7. The molecule has 1 aliphatic heterocycles. The highest BCUT2D eigenvalue weighted by atomic mass is 16.5. The van der Waals surface area contributed by atoms with Crippen LogP contribution in [0.5, 0.6) is 0 Å². The van der Waals surface area contributed by atoms with Crippen molar-refractivity contribution < 1.29 is 4.74 Å². The first-order chi connectivity index (χ1) is 38.7. The van der Waals surface area contributed by atoms with Gasteiger partial charge in [0, 0.05) is 42.1 Å². The topological polar surface area (TPSA) is 50.5 Å². The van der Waals surface area contributed by atoms with E-state index >= 15 is 0 Å². The molecule has 1 heterocycles. The van der Waals surface area contributed by atoms with Crippen molar-refractivity contribution in [2.24, 2.45) is 28.4 Å². The van der Waals surface area contributed by atoms with E-state index in [1.165, 1.54) is 59.1 Å². The molecule has 3 N–H and O–H groups in total. The minimum absolute atomic E-state index is 0.267. The molecule has 1 radical (unpaired) electrons. The van der Waals surface area contributed by atoms with Crippen molar-refractivity contribution >= 4 is 12.9 Å². The predicted molar refractivity (Wildman–Crippen MR) is 370 cm³/mol. The molecule has 2 aliphatic carbocycles. The minimum Gasteiger partial charge on any atom is -0.489 e. The van der Waals surface area contributed by atoms with Gasteiger partial charge >= 0.3 is 0 Å². The highest BCUT2D eigenvalue weighted by Gasteiger charge is 2.27. The van der Waals surface area contributed by atoms with E-state index in [9.17, 15) is 0 Å². The Morgan fingerprint density at radius 1 is 0.864 bits per heavy atom. The van der Waals surface area contributed by atoms with Crippen LogP contribution in [0.15, 0.2) is 253 Å². The summed E-state index contributed by atoms with van der Waals surface area (Å²) >= 11 is 0. The summed E-state index contributed by atoms with van der Waals surface area (Å²) in [5, 5.41) is 2.99. The lowest BCUT2D eigenvalue weighted by Crippen LogP contribution is -2.25. The molecular weight excluding hydrogens is 982 g/mol. The van der Waals surface area contributed by atoms with Crippen LogP contribution in [0.1, 0.15) is 168 Å². The lowest BCUT2D eigenvalue weighted by molar-refractivity contribution is 0.253. The SMILES string of the molecule is C=C/C(=C(\C=C/C)N(CCC1C=CC(C2CC=CC3=C2C(=C)/C=C\C=C/CO3)=CC1)C(/C=C\C)=C/C)c1ccccc1.C=CC(=C)/C=C(/C)C=C.CC.CC.CCC/C(=C\C=C\NC)C(C)(C)C.C[B]/C(C)=C(\N)CCCC(C)(C)C. The molecule has 0 bridgehead atoms. The molecule has 4 rings (SSSR count). The van der Waals surface area contributed by atoms with Crippen LogP contribution in [-0.4, -0.2) is 32.4 Å². The van der Waals surface area contributed by atoms with E-state index in [4.69, 9.17) is 10.5 Å². The highest BCUT2D eigenvalue weighted by Crippen LogP contribution is 2.40. The zero-order valence-electron chi connectivity index (χ0n) is 54.8. The largest absolute Gasteiger partial charge is 0.489 e. The number of ether oxygens (including phenoxy) is 1. The summed E-state index contributed by atoms with van der Waals surface area (Å²) in [6.45, 7) is 57.1. The molecule has 0 saturated heterocycles. The van der Waals surface area contributed by atoms with E-state index in [0.717, 1.165) is 71.7 Å². The van der Waals surface area contributed by atoms with E-state index in [1.54, 1.807) is 12.2 Å². The van der Waals surface area contributed by atoms with Gasteiger partial charge in [0.2, 0.25) is 0 Å². The highest BCUT2D eigenvalue weighted by molar-refractivity contribution is 6.43. The Bertz CT molecular complexity index is 2480. The van der Waals surface area contributed by atoms with Gasteiger partial charge in [0.1, 0.15) is 19.6 Å². The molecule has 4 nitrogen and oxygen atoms in total. The van der Waals surface area contributed by atoms with Crippen LogP contribution >= 0.6 is 0 Å². The summed E-state index contributed by atoms with van der Waals surface area (Å²) in [6, 6.07) is 10.5. The van der Waals surface area contributed by atoms with Gasteiger partial charge in [0.25, 0.3) is 0 Å². The van der Waals surface area contributed by atoms with Crippen molar-refractivity contribution in [3.63, 3.8) is 0 Å². The van der Waals surface area contributed by atoms with Crippen molar-refractivity contribution in [2.45, 2.75) is 169 Å². The van der Waals surface area contributed by atoms with Gasteiger partial charge in [-0.3, -0.25) is 0 Å². The van der Waals surface area contributed by atoms with Crippen LogP contribution < -0.4 is 11.1 Å². The summed E-state index contributed by atoms with van der Waals surface area (Å²) < 4.78 is 6.12. The third-order valence-electron chi connectivity index (χ3n) is 13.3. The Morgan fingerprint density at radius 2 is 1.53 bits per heavy atom. The Balaban J connectivity index is 0. The molecule has 0 aromatic heterocycles. The number of nitrogens with zero attached hydrogens (tertiary/aromatic N) is 1. The molecule has 1 aromatic rings. The van der Waals surface area contributed by atoms with Crippen LogP contribution in [0.4, 0.5) is 0 Å². The molecule has 1 aromatic carbocycles. The van der Waals surface area contributed by atoms with Crippen LogP contribution in [0.3, 0.4) is 0 Å². The molecule has 0 amide bonds.